The van der Waals surface area contributed by atoms with Crippen molar-refractivity contribution in [1.29, 1.82) is 0 Å². The zero-order valence-corrected chi connectivity index (χ0v) is 14.5. The summed E-state index contributed by atoms with van der Waals surface area (Å²) in [5, 5.41) is 8.22. The van der Waals surface area contributed by atoms with Crippen LogP contribution < -0.4 is 10.2 Å². The van der Waals surface area contributed by atoms with Gasteiger partial charge in [0.05, 0.1) is 5.69 Å². The molecule has 0 amide bonds. The lowest BCUT2D eigenvalue weighted by Crippen LogP contribution is -2.37. The molecule has 0 spiro atoms. The van der Waals surface area contributed by atoms with E-state index in [1.165, 1.54) is 11.4 Å². The van der Waals surface area contributed by atoms with Crippen LogP contribution in [0.4, 0.5) is 5.82 Å². The molecule has 1 aromatic heterocycles. The second-order valence-electron chi connectivity index (χ2n) is 6.66. The average Bonchev–Trinajstić information content (AvgIpc) is 2.62. The zero-order chi connectivity index (χ0) is 15.5. The van der Waals surface area contributed by atoms with Crippen LogP contribution in [-0.4, -0.2) is 27.9 Å². The van der Waals surface area contributed by atoms with Gasteiger partial charge in [-0.25, -0.2) is 0 Å². The highest BCUT2D eigenvalue weighted by Crippen LogP contribution is 2.26. The monoisotopic (exact) mass is 280 g/mol. The van der Waals surface area contributed by atoms with E-state index in [4.69, 9.17) is 0 Å². The molecule has 4 nitrogen and oxygen atoms in total. The molecule has 0 saturated carbocycles. The van der Waals surface area contributed by atoms with Crippen molar-refractivity contribution in [2.24, 2.45) is 7.05 Å². The van der Waals surface area contributed by atoms with E-state index >= 15 is 0 Å². The normalized spacial score (nSPS) is 13.6. The van der Waals surface area contributed by atoms with Crippen LogP contribution in [0.1, 0.15) is 59.2 Å². The van der Waals surface area contributed by atoms with Gasteiger partial charge in [-0.05, 0) is 48.0 Å². The van der Waals surface area contributed by atoms with Gasteiger partial charge >= 0.3 is 0 Å². The molecule has 1 atom stereocenters. The van der Waals surface area contributed by atoms with Crippen molar-refractivity contribution in [3.63, 3.8) is 0 Å². The first-order valence-corrected chi connectivity index (χ1v) is 7.75. The van der Waals surface area contributed by atoms with Crippen LogP contribution in [0.2, 0.25) is 0 Å². The van der Waals surface area contributed by atoms with Crippen molar-refractivity contribution in [2.75, 3.05) is 11.4 Å². The number of nitrogens with one attached hydrogen (secondary N) is 1. The molecule has 0 aliphatic rings. The molecule has 116 valence electrons. The van der Waals surface area contributed by atoms with Crippen LogP contribution in [0.25, 0.3) is 0 Å². The van der Waals surface area contributed by atoms with Crippen molar-refractivity contribution >= 4 is 5.82 Å². The topological polar surface area (TPSA) is 33.1 Å². The van der Waals surface area contributed by atoms with E-state index in [1.54, 1.807) is 0 Å². The van der Waals surface area contributed by atoms with E-state index in [0.717, 1.165) is 25.2 Å². The minimum absolute atomic E-state index is 0.118. The summed E-state index contributed by atoms with van der Waals surface area (Å²) in [7, 11) is 2.05. The molecule has 1 unspecified atom stereocenters. The predicted molar refractivity (Wildman–Crippen MR) is 87.3 cm³/mol. The molecule has 0 aliphatic carbocycles. The number of hydrogen-bond acceptors (Lipinski definition) is 3. The largest absolute Gasteiger partial charge is 0.354 e. The number of anilines is 1. The van der Waals surface area contributed by atoms with Crippen LogP contribution in [-0.2, 0) is 13.6 Å². The minimum atomic E-state index is 0.118. The second kappa shape index (κ2) is 6.61. The SMILES string of the molecule is CCC(C)N(CC)c1c(CNC(C)(C)C)c(C)nn1C. The predicted octanol–water partition coefficient (Wildman–Crippen LogP) is 3.24. The first kappa shape index (κ1) is 17.0. The van der Waals surface area contributed by atoms with Gasteiger partial charge in [-0.15, -0.1) is 0 Å². The fraction of sp³-hybridized carbons (Fsp3) is 0.812. The van der Waals surface area contributed by atoms with Crippen LogP contribution in [0.15, 0.2) is 0 Å². The average molecular weight is 280 g/mol. The summed E-state index contributed by atoms with van der Waals surface area (Å²) in [6.07, 6.45) is 1.14. The molecule has 0 aromatic carbocycles. The zero-order valence-electron chi connectivity index (χ0n) is 14.5. The quantitative estimate of drug-likeness (QED) is 0.868. The lowest BCUT2D eigenvalue weighted by Gasteiger charge is -2.31. The number of rotatable bonds is 6. The molecule has 20 heavy (non-hydrogen) atoms. The Balaban J connectivity index is 3.11. The van der Waals surface area contributed by atoms with Gasteiger partial charge in [0, 0.05) is 37.3 Å². The van der Waals surface area contributed by atoms with Gasteiger partial charge < -0.3 is 10.2 Å². The third kappa shape index (κ3) is 3.98. The molecule has 0 saturated heterocycles. The Morgan fingerprint density at radius 1 is 1.30 bits per heavy atom. The fourth-order valence-electron chi connectivity index (χ4n) is 2.50. The van der Waals surface area contributed by atoms with E-state index in [9.17, 15) is 0 Å². The van der Waals surface area contributed by atoms with Crippen molar-refractivity contribution in [2.45, 2.75) is 73.0 Å². The van der Waals surface area contributed by atoms with Crippen molar-refractivity contribution in [3.05, 3.63) is 11.3 Å². The number of nitrogens with zero attached hydrogens (tertiary/aromatic N) is 3. The third-order valence-corrected chi connectivity index (χ3v) is 3.84. The standard InChI is InChI=1S/C16H32N4/c1-9-12(3)20(10-2)15-14(11-17-16(5,6)7)13(4)18-19(15)8/h12,17H,9-11H2,1-8H3. The molecular formula is C16H32N4. The van der Waals surface area contributed by atoms with Crippen LogP contribution in [0.5, 0.6) is 0 Å². The maximum atomic E-state index is 4.63. The van der Waals surface area contributed by atoms with Gasteiger partial charge in [0.2, 0.25) is 0 Å². The van der Waals surface area contributed by atoms with Crippen LogP contribution >= 0.6 is 0 Å². The van der Waals surface area contributed by atoms with E-state index in [1.807, 2.05) is 11.7 Å². The Morgan fingerprint density at radius 3 is 2.35 bits per heavy atom. The molecule has 1 aromatic rings. The summed E-state index contributed by atoms with van der Waals surface area (Å²) in [5.74, 6) is 1.26. The molecule has 4 heteroatoms. The Labute approximate surface area is 124 Å². The Kier molecular flexibility index (Phi) is 5.63. The molecule has 1 rings (SSSR count). The number of hydrogen-bond donors (Lipinski definition) is 1. The van der Waals surface area contributed by atoms with Gasteiger partial charge in [-0.2, -0.15) is 5.10 Å². The Bertz CT molecular complexity index is 428. The molecule has 1 N–H and O–H groups in total. The van der Waals surface area contributed by atoms with Crippen molar-refractivity contribution in [1.82, 2.24) is 15.1 Å². The highest BCUT2D eigenvalue weighted by molar-refractivity contribution is 5.51. The van der Waals surface area contributed by atoms with Gasteiger partial charge in [-0.3, -0.25) is 4.68 Å². The fourth-order valence-corrected chi connectivity index (χ4v) is 2.50. The molecule has 0 aliphatic heterocycles. The van der Waals surface area contributed by atoms with Crippen LogP contribution in [0, 0.1) is 6.92 Å². The van der Waals surface area contributed by atoms with Crippen molar-refractivity contribution in [3.8, 4) is 0 Å². The summed E-state index contributed by atoms with van der Waals surface area (Å²) in [5.41, 5.74) is 2.57. The minimum Gasteiger partial charge on any atom is -0.354 e. The molecule has 1 heterocycles. The number of aryl methyl sites for hydroxylation is 2. The van der Waals surface area contributed by atoms with E-state index in [0.29, 0.717) is 6.04 Å². The molecule has 0 fully saturated rings. The van der Waals surface area contributed by atoms with Gasteiger partial charge in [-0.1, -0.05) is 6.92 Å². The first-order chi connectivity index (χ1) is 9.21. The maximum absolute atomic E-state index is 4.63. The van der Waals surface area contributed by atoms with E-state index in [2.05, 4.69) is 63.8 Å². The highest BCUT2D eigenvalue weighted by Gasteiger charge is 2.22. The molecular weight excluding hydrogens is 248 g/mol. The second-order valence-corrected chi connectivity index (χ2v) is 6.66. The number of aromatic nitrogens is 2. The van der Waals surface area contributed by atoms with Gasteiger partial charge in [0.1, 0.15) is 5.82 Å². The van der Waals surface area contributed by atoms with Gasteiger partial charge in [0.25, 0.3) is 0 Å². The van der Waals surface area contributed by atoms with Gasteiger partial charge in [0.15, 0.2) is 0 Å². The molecule has 0 radical (unpaired) electrons. The third-order valence-electron chi connectivity index (χ3n) is 3.84. The highest BCUT2D eigenvalue weighted by atomic mass is 15.4. The smallest absolute Gasteiger partial charge is 0.131 e. The first-order valence-electron chi connectivity index (χ1n) is 7.75. The lowest BCUT2D eigenvalue weighted by molar-refractivity contribution is 0.423. The van der Waals surface area contributed by atoms with E-state index in [-0.39, 0.29) is 5.54 Å². The summed E-state index contributed by atoms with van der Waals surface area (Å²) in [6.45, 7) is 17.3. The Morgan fingerprint density at radius 2 is 1.90 bits per heavy atom. The summed E-state index contributed by atoms with van der Waals surface area (Å²) < 4.78 is 2.03. The van der Waals surface area contributed by atoms with Crippen LogP contribution in [0.3, 0.4) is 0 Å². The van der Waals surface area contributed by atoms with E-state index < -0.39 is 0 Å². The summed E-state index contributed by atoms with van der Waals surface area (Å²) in [4.78, 5) is 2.46. The maximum Gasteiger partial charge on any atom is 0.131 e. The molecule has 0 bridgehead atoms. The Hall–Kier alpha value is -1.03. The lowest BCUT2D eigenvalue weighted by atomic mass is 10.1. The van der Waals surface area contributed by atoms with Crippen molar-refractivity contribution < 1.29 is 0 Å². The summed E-state index contributed by atoms with van der Waals surface area (Å²) >= 11 is 0. The summed E-state index contributed by atoms with van der Waals surface area (Å²) in [6, 6.07) is 0.531.